The van der Waals surface area contributed by atoms with Crippen molar-refractivity contribution in [2.45, 2.75) is 11.7 Å². The lowest BCUT2D eigenvalue weighted by Gasteiger charge is -2.11. The first-order valence-corrected chi connectivity index (χ1v) is 11.9. The highest BCUT2D eigenvalue weighted by molar-refractivity contribution is 7.99. The maximum atomic E-state index is 14.5. The molecule has 0 saturated carbocycles. The minimum absolute atomic E-state index is 0.148. The van der Waals surface area contributed by atoms with Crippen LogP contribution in [0, 0.1) is 5.82 Å². The summed E-state index contributed by atoms with van der Waals surface area (Å²) >= 11 is 1.30. The summed E-state index contributed by atoms with van der Waals surface area (Å²) in [5.41, 5.74) is 2.92. The van der Waals surface area contributed by atoms with Gasteiger partial charge in [0.1, 0.15) is 5.82 Å². The van der Waals surface area contributed by atoms with Gasteiger partial charge in [-0.25, -0.2) is 9.37 Å². The van der Waals surface area contributed by atoms with Gasteiger partial charge in [0.2, 0.25) is 5.91 Å². The predicted octanol–water partition coefficient (Wildman–Crippen LogP) is 4.67. The van der Waals surface area contributed by atoms with E-state index in [2.05, 4.69) is 20.5 Å². The Morgan fingerprint density at radius 2 is 1.74 bits per heavy atom. The molecule has 35 heavy (non-hydrogen) atoms. The number of para-hydroxylation sites is 1. The smallest absolute Gasteiger partial charge is 0.230 e. The van der Waals surface area contributed by atoms with Crippen LogP contribution in [0.1, 0.15) is 5.56 Å². The molecule has 5 aromatic rings. The average Bonchev–Trinajstić information content (AvgIpc) is 3.58. The van der Waals surface area contributed by atoms with E-state index in [9.17, 15) is 9.18 Å². The highest BCUT2D eigenvalue weighted by atomic mass is 32.2. The molecule has 0 fully saturated rings. The van der Waals surface area contributed by atoms with Crippen LogP contribution in [0.15, 0.2) is 103 Å². The Kier molecular flexibility index (Phi) is 6.67. The zero-order valence-electron chi connectivity index (χ0n) is 18.6. The lowest BCUT2D eigenvalue weighted by Crippen LogP contribution is -2.24. The van der Waals surface area contributed by atoms with Gasteiger partial charge in [0.15, 0.2) is 11.0 Å². The monoisotopic (exact) mass is 484 g/mol. The molecule has 0 aliphatic rings. The number of thioether (sulfide) groups is 1. The highest BCUT2D eigenvalue weighted by Crippen LogP contribution is 2.27. The molecule has 0 aliphatic carbocycles. The van der Waals surface area contributed by atoms with Gasteiger partial charge in [0.05, 0.1) is 17.8 Å². The van der Waals surface area contributed by atoms with E-state index in [0.29, 0.717) is 22.2 Å². The number of halogens is 1. The Balaban J connectivity index is 1.26. The molecule has 5 rings (SSSR count). The van der Waals surface area contributed by atoms with E-state index < -0.39 is 0 Å². The number of hydrogen-bond acceptors (Lipinski definition) is 5. The van der Waals surface area contributed by atoms with Crippen molar-refractivity contribution in [3.63, 3.8) is 0 Å². The zero-order chi connectivity index (χ0) is 24.0. The summed E-state index contributed by atoms with van der Waals surface area (Å²) in [7, 11) is 0. The molecule has 3 aromatic carbocycles. The van der Waals surface area contributed by atoms with Crippen LogP contribution in [0.4, 0.5) is 4.39 Å². The number of amides is 1. The highest BCUT2D eigenvalue weighted by Gasteiger charge is 2.17. The molecule has 2 aromatic heterocycles. The van der Waals surface area contributed by atoms with Crippen LogP contribution >= 0.6 is 11.8 Å². The fraction of sp³-hybridized carbons (Fsp3) is 0.0769. The molecule has 0 bridgehead atoms. The molecule has 1 amide bonds. The molecule has 0 aliphatic heterocycles. The first-order valence-electron chi connectivity index (χ1n) is 10.9. The van der Waals surface area contributed by atoms with Gasteiger partial charge in [0, 0.05) is 30.2 Å². The summed E-state index contributed by atoms with van der Waals surface area (Å²) in [5, 5.41) is 12.2. The van der Waals surface area contributed by atoms with Crippen molar-refractivity contribution in [1.29, 1.82) is 0 Å². The van der Waals surface area contributed by atoms with Crippen molar-refractivity contribution in [1.82, 2.24) is 29.6 Å². The second kappa shape index (κ2) is 10.4. The summed E-state index contributed by atoms with van der Waals surface area (Å²) in [6.45, 7) is 0.223. The largest absolute Gasteiger partial charge is 0.351 e. The van der Waals surface area contributed by atoms with E-state index in [1.54, 1.807) is 29.1 Å². The topological polar surface area (TPSA) is 77.6 Å². The summed E-state index contributed by atoms with van der Waals surface area (Å²) in [6.07, 6.45) is 4.80. The van der Waals surface area contributed by atoms with E-state index >= 15 is 0 Å². The molecular formula is C26H21FN6OS. The number of benzene rings is 3. The molecule has 0 radical (unpaired) electrons. The lowest BCUT2D eigenvalue weighted by atomic mass is 10.2. The molecule has 9 heteroatoms. The van der Waals surface area contributed by atoms with Gasteiger partial charge in [-0.2, -0.15) is 0 Å². The van der Waals surface area contributed by atoms with Gasteiger partial charge in [-0.1, -0.05) is 66.4 Å². The van der Waals surface area contributed by atoms with E-state index in [0.717, 1.165) is 11.3 Å². The number of carbonyl (C=O) groups is 1. The molecule has 2 heterocycles. The number of nitrogens with one attached hydrogen (secondary N) is 1. The van der Waals surface area contributed by atoms with Crippen molar-refractivity contribution in [3.05, 3.63) is 109 Å². The van der Waals surface area contributed by atoms with Crippen LogP contribution in [-0.4, -0.2) is 36.0 Å². The molecule has 174 valence electrons. The van der Waals surface area contributed by atoms with Gasteiger partial charge in [-0.05, 0) is 29.8 Å². The second-order valence-electron chi connectivity index (χ2n) is 7.66. The lowest BCUT2D eigenvalue weighted by molar-refractivity contribution is -0.118. The quantitative estimate of drug-likeness (QED) is 0.324. The third-order valence-corrected chi connectivity index (χ3v) is 6.23. The van der Waals surface area contributed by atoms with Gasteiger partial charge >= 0.3 is 0 Å². The number of imidazole rings is 1. The fourth-order valence-electron chi connectivity index (χ4n) is 3.60. The van der Waals surface area contributed by atoms with E-state index in [-0.39, 0.29) is 24.0 Å². The maximum absolute atomic E-state index is 14.5. The van der Waals surface area contributed by atoms with Crippen LogP contribution in [0.5, 0.6) is 0 Å². The van der Waals surface area contributed by atoms with E-state index in [1.165, 1.54) is 24.2 Å². The molecule has 0 unspecified atom stereocenters. The Morgan fingerprint density at radius 1 is 0.971 bits per heavy atom. The molecule has 7 nitrogen and oxygen atoms in total. The fourth-order valence-corrected chi connectivity index (χ4v) is 4.38. The van der Waals surface area contributed by atoms with Gasteiger partial charge in [-0.15, -0.1) is 10.2 Å². The summed E-state index contributed by atoms with van der Waals surface area (Å²) < 4.78 is 18.0. The van der Waals surface area contributed by atoms with Crippen molar-refractivity contribution < 1.29 is 9.18 Å². The number of hydrogen-bond donors (Lipinski definition) is 1. The number of nitrogens with zero attached hydrogens (tertiary/aromatic N) is 5. The SMILES string of the molecule is O=C(CSc1nnc(-c2ccccc2)n1-c1ccccc1)NCc1ccc(-n2ccnc2)c(F)c1. The molecule has 0 spiro atoms. The third kappa shape index (κ3) is 5.15. The first-order chi connectivity index (χ1) is 17.2. The van der Waals surface area contributed by atoms with Crippen molar-refractivity contribution in [2.75, 3.05) is 5.75 Å². The van der Waals surface area contributed by atoms with Gasteiger partial charge in [0.25, 0.3) is 0 Å². The average molecular weight is 485 g/mol. The Hall–Kier alpha value is -4.24. The third-order valence-electron chi connectivity index (χ3n) is 5.30. The molecule has 0 atom stereocenters. The van der Waals surface area contributed by atoms with Crippen LogP contribution < -0.4 is 5.32 Å². The standard InChI is InChI=1S/C26H21FN6OS/c27-22-15-19(11-12-23(22)32-14-13-28-18-32)16-29-24(34)17-35-26-31-30-25(20-7-3-1-4-8-20)33(26)21-9-5-2-6-10-21/h1-15,18H,16-17H2,(H,29,34). The predicted molar refractivity (Wildman–Crippen MR) is 133 cm³/mol. The van der Waals surface area contributed by atoms with Crippen LogP contribution in [0.3, 0.4) is 0 Å². The van der Waals surface area contributed by atoms with Crippen molar-refractivity contribution in [2.24, 2.45) is 0 Å². The number of aromatic nitrogens is 5. The molecule has 0 saturated heterocycles. The Morgan fingerprint density at radius 3 is 2.46 bits per heavy atom. The Labute approximate surface area is 205 Å². The maximum Gasteiger partial charge on any atom is 0.230 e. The summed E-state index contributed by atoms with van der Waals surface area (Å²) in [4.78, 5) is 16.5. The minimum atomic E-state index is -0.381. The van der Waals surface area contributed by atoms with Crippen molar-refractivity contribution >= 4 is 17.7 Å². The second-order valence-corrected chi connectivity index (χ2v) is 8.61. The number of carbonyl (C=O) groups excluding carboxylic acids is 1. The number of rotatable bonds is 8. The van der Waals surface area contributed by atoms with E-state index in [4.69, 9.17) is 0 Å². The normalized spacial score (nSPS) is 10.9. The van der Waals surface area contributed by atoms with Crippen LogP contribution in [0.25, 0.3) is 22.8 Å². The summed E-state index contributed by atoms with van der Waals surface area (Å²) in [5.74, 6) is 0.287. The molecular weight excluding hydrogens is 463 g/mol. The van der Waals surface area contributed by atoms with Crippen LogP contribution in [0.2, 0.25) is 0 Å². The van der Waals surface area contributed by atoms with Gasteiger partial charge in [-0.3, -0.25) is 9.36 Å². The van der Waals surface area contributed by atoms with Crippen LogP contribution in [-0.2, 0) is 11.3 Å². The molecule has 1 N–H and O–H groups in total. The van der Waals surface area contributed by atoms with E-state index in [1.807, 2.05) is 65.2 Å². The first kappa shape index (κ1) is 22.5. The minimum Gasteiger partial charge on any atom is -0.351 e. The summed E-state index contributed by atoms with van der Waals surface area (Å²) in [6, 6.07) is 24.4. The zero-order valence-corrected chi connectivity index (χ0v) is 19.4. The van der Waals surface area contributed by atoms with Gasteiger partial charge < -0.3 is 9.88 Å². The van der Waals surface area contributed by atoms with Crippen molar-refractivity contribution in [3.8, 4) is 22.8 Å². The Bertz CT molecular complexity index is 1420.